The first-order valence-electron chi connectivity index (χ1n) is 8.76. The summed E-state index contributed by atoms with van der Waals surface area (Å²) in [5.41, 5.74) is -0.0377. The molecular formula is C19H27BrN2O4. The summed E-state index contributed by atoms with van der Waals surface area (Å²) >= 11 is 3.41. The van der Waals surface area contributed by atoms with E-state index in [1.165, 1.54) is 0 Å². The zero-order valence-corrected chi connectivity index (χ0v) is 17.6. The molecule has 1 aromatic carbocycles. The van der Waals surface area contributed by atoms with Crippen molar-refractivity contribution in [2.45, 2.75) is 58.2 Å². The van der Waals surface area contributed by atoms with Gasteiger partial charge < -0.3 is 19.7 Å². The zero-order chi connectivity index (χ0) is 19.5. The number of nitrogens with zero attached hydrogens (tertiary/aromatic N) is 1. The number of nitrogens with one attached hydrogen (secondary N) is 1. The third-order valence-corrected chi connectivity index (χ3v) is 5.04. The van der Waals surface area contributed by atoms with E-state index >= 15 is 0 Å². The lowest BCUT2D eigenvalue weighted by Crippen LogP contribution is -2.56. The maximum atomic E-state index is 12.7. The van der Waals surface area contributed by atoms with Gasteiger partial charge in [-0.15, -0.1) is 0 Å². The van der Waals surface area contributed by atoms with Gasteiger partial charge in [0, 0.05) is 17.1 Å². The van der Waals surface area contributed by atoms with Crippen LogP contribution >= 0.6 is 15.9 Å². The molecule has 1 aliphatic rings. The first kappa shape index (κ1) is 20.6. The number of hydrogen-bond donors (Lipinski definition) is 1. The molecule has 6 nitrogen and oxygen atoms in total. The van der Waals surface area contributed by atoms with Crippen LogP contribution in [-0.2, 0) is 4.74 Å². The van der Waals surface area contributed by atoms with Gasteiger partial charge >= 0.3 is 6.09 Å². The minimum Gasteiger partial charge on any atom is -0.497 e. The molecule has 1 heterocycles. The van der Waals surface area contributed by atoms with Gasteiger partial charge in [0.2, 0.25) is 0 Å². The molecule has 1 saturated heterocycles. The lowest BCUT2D eigenvalue weighted by Gasteiger charge is -2.40. The number of hydrogen-bond acceptors (Lipinski definition) is 4. The number of likely N-dealkylation sites (tertiary alicyclic amines) is 1. The summed E-state index contributed by atoms with van der Waals surface area (Å²) in [5, 5.41) is 3.05. The van der Waals surface area contributed by atoms with Gasteiger partial charge in [-0.25, -0.2) is 4.79 Å². The number of amides is 2. The SMILES string of the molecule is COc1ccc(Br)c(C(=O)NC2CCCN(C(=O)OC(C)(C)C)C2C)c1. The molecular weight excluding hydrogens is 400 g/mol. The Morgan fingerprint density at radius 3 is 2.62 bits per heavy atom. The summed E-state index contributed by atoms with van der Waals surface area (Å²) in [6.45, 7) is 8.11. The second-order valence-corrected chi connectivity index (χ2v) is 8.34. The van der Waals surface area contributed by atoms with Gasteiger partial charge in [0.25, 0.3) is 5.91 Å². The molecule has 1 N–H and O–H groups in total. The Hall–Kier alpha value is -1.76. The molecule has 1 aliphatic heterocycles. The molecule has 0 aromatic heterocycles. The molecule has 2 amide bonds. The van der Waals surface area contributed by atoms with Crippen LogP contribution in [0.1, 0.15) is 50.9 Å². The van der Waals surface area contributed by atoms with Crippen LogP contribution in [0, 0.1) is 0 Å². The molecule has 1 aromatic rings. The van der Waals surface area contributed by atoms with Crippen molar-refractivity contribution in [3.8, 4) is 5.75 Å². The van der Waals surface area contributed by atoms with E-state index < -0.39 is 5.60 Å². The Balaban J connectivity index is 2.09. The normalized spacial score (nSPS) is 20.5. The van der Waals surface area contributed by atoms with Crippen molar-refractivity contribution in [3.05, 3.63) is 28.2 Å². The van der Waals surface area contributed by atoms with Gasteiger partial charge in [-0.05, 0) is 74.7 Å². The number of benzene rings is 1. The number of rotatable bonds is 3. The van der Waals surface area contributed by atoms with Gasteiger partial charge in [-0.2, -0.15) is 0 Å². The number of ether oxygens (including phenoxy) is 2. The lowest BCUT2D eigenvalue weighted by molar-refractivity contribution is 0.00700. The fourth-order valence-corrected chi connectivity index (χ4v) is 3.39. The highest BCUT2D eigenvalue weighted by molar-refractivity contribution is 9.10. The van der Waals surface area contributed by atoms with Gasteiger partial charge in [-0.1, -0.05) is 0 Å². The predicted octanol–water partition coefficient (Wildman–Crippen LogP) is 3.98. The fraction of sp³-hybridized carbons (Fsp3) is 0.579. The van der Waals surface area contributed by atoms with E-state index in [9.17, 15) is 9.59 Å². The molecule has 1 fully saturated rings. The standard InChI is InChI=1S/C19H27BrN2O4/c1-12-16(7-6-10-22(12)18(24)26-19(2,3)4)21-17(23)14-11-13(25-5)8-9-15(14)20/h8-9,11-12,16H,6-7,10H2,1-5H3,(H,21,23). The third kappa shape index (κ3) is 5.13. The Morgan fingerprint density at radius 1 is 1.31 bits per heavy atom. The van der Waals surface area contributed by atoms with Crippen LogP contribution in [0.4, 0.5) is 4.79 Å². The van der Waals surface area contributed by atoms with Crippen LogP contribution in [0.3, 0.4) is 0 Å². The highest BCUT2D eigenvalue weighted by Crippen LogP contribution is 2.24. The van der Waals surface area contributed by atoms with Crippen molar-refractivity contribution in [1.82, 2.24) is 10.2 Å². The summed E-state index contributed by atoms with van der Waals surface area (Å²) in [5.74, 6) is 0.420. The van der Waals surface area contributed by atoms with Gasteiger partial charge in [0.15, 0.2) is 0 Å². The van der Waals surface area contributed by atoms with E-state index in [0.29, 0.717) is 22.3 Å². The summed E-state index contributed by atoms with van der Waals surface area (Å²) in [6.07, 6.45) is 1.29. The summed E-state index contributed by atoms with van der Waals surface area (Å²) in [6, 6.07) is 4.98. The summed E-state index contributed by atoms with van der Waals surface area (Å²) in [7, 11) is 1.56. The molecule has 7 heteroatoms. The molecule has 26 heavy (non-hydrogen) atoms. The van der Waals surface area contributed by atoms with Crippen molar-refractivity contribution in [1.29, 1.82) is 0 Å². The zero-order valence-electron chi connectivity index (χ0n) is 16.0. The summed E-state index contributed by atoms with van der Waals surface area (Å²) < 4.78 is 11.4. The minimum atomic E-state index is -0.543. The quantitative estimate of drug-likeness (QED) is 0.793. The van der Waals surface area contributed by atoms with Crippen LogP contribution < -0.4 is 10.1 Å². The predicted molar refractivity (Wildman–Crippen MR) is 104 cm³/mol. The third-order valence-electron chi connectivity index (χ3n) is 4.35. The average Bonchev–Trinajstić information content (AvgIpc) is 2.55. The minimum absolute atomic E-state index is 0.137. The number of halogens is 1. The molecule has 0 saturated carbocycles. The van der Waals surface area contributed by atoms with Crippen LogP contribution in [0.2, 0.25) is 0 Å². The van der Waals surface area contributed by atoms with Gasteiger partial charge in [-0.3, -0.25) is 4.79 Å². The number of piperidine rings is 1. The Morgan fingerprint density at radius 2 is 2.00 bits per heavy atom. The van der Waals surface area contributed by atoms with E-state index in [-0.39, 0.29) is 24.1 Å². The molecule has 144 valence electrons. The number of carbonyl (C=O) groups excluding carboxylic acids is 2. The lowest BCUT2D eigenvalue weighted by atomic mass is 9.97. The van der Waals surface area contributed by atoms with E-state index in [2.05, 4.69) is 21.2 Å². The Bertz CT molecular complexity index is 672. The van der Waals surface area contributed by atoms with Gasteiger partial charge in [0.05, 0.1) is 18.7 Å². The topological polar surface area (TPSA) is 67.9 Å². The number of methoxy groups -OCH3 is 1. The van der Waals surface area contributed by atoms with Crippen molar-refractivity contribution in [2.24, 2.45) is 0 Å². The first-order chi connectivity index (χ1) is 12.1. The Kier molecular flexibility index (Phi) is 6.55. The van der Waals surface area contributed by atoms with Crippen LogP contribution in [0.15, 0.2) is 22.7 Å². The molecule has 2 unspecified atom stereocenters. The van der Waals surface area contributed by atoms with E-state index in [0.717, 1.165) is 12.8 Å². The van der Waals surface area contributed by atoms with Crippen molar-refractivity contribution < 1.29 is 19.1 Å². The second-order valence-electron chi connectivity index (χ2n) is 7.48. The van der Waals surface area contributed by atoms with Crippen LogP contribution in [-0.4, -0.2) is 48.2 Å². The molecule has 2 atom stereocenters. The molecule has 0 spiro atoms. The maximum Gasteiger partial charge on any atom is 0.410 e. The van der Waals surface area contributed by atoms with Crippen LogP contribution in [0.5, 0.6) is 5.75 Å². The van der Waals surface area contributed by atoms with Crippen molar-refractivity contribution in [2.75, 3.05) is 13.7 Å². The summed E-state index contributed by atoms with van der Waals surface area (Å²) in [4.78, 5) is 26.8. The largest absolute Gasteiger partial charge is 0.497 e. The highest BCUT2D eigenvalue weighted by atomic mass is 79.9. The van der Waals surface area contributed by atoms with E-state index in [1.54, 1.807) is 30.2 Å². The van der Waals surface area contributed by atoms with Crippen LogP contribution in [0.25, 0.3) is 0 Å². The number of carbonyl (C=O) groups is 2. The molecule has 0 radical (unpaired) electrons. The molecule has 0 bridgehead atoms. The molecule has 0 aliphatic carbocycles. The second kappa shape index (κ2) is 8.29. The van der Waals surface area contributed by atoms with Crippen molar-refractivity contribution >= 4 is 27.9 Å². The van der Waals surface area contributed by atoms with Gasteiger partial charge in [0.1, 0.15) is 11.4 Å². The van der Waals surface area contributed by atoms with Crippen molar-refractivity contribution in [3.63, 3.8) is 0 Å². The highest BCUT2D eigenvalue weighted by Gasteiger charge is 2.34. The smallest absolute Gasteiger partial charge is 0.410 e. The fourth-order valence-electron chi connectivity index (χ4n) is 2.97. The average molecular weight is 427 g/mol. The Labute approximate surface area is 163 Å². The van der Waals surface area contributed by atoms with E-state index in [4.69, 9.17) is 9.47 Å². The maximum absolute atomic E-state index is 12.7. The first-order valence-corrected chi connectivity index (χ1v) is 9.55. The van der Waals surface area contributed by atoms with E-state index in [1.807, 2.05) is 27.7 Å². The monoisotopic (exact) mass is 426 g/mol. The molecule has 2 rings (SSSR count).